The third-order valence-electron chi connectivity index (χ3n) is 6.25. The summed E-state index contributed by atoms with van der Waals surface area (Å²) in [5, 5.41) is 5.93. The molecular weight excluding hydrogens is 404 g/mol. The lowest BCUT2D eigenvalue weighted by Crippen LogP contribution is -2.56. The van der Waals surface area contributed by atoms with Crippen LogP contribution in [0.2, 0.25) is 0 Å². The Morgan fingerprint density at radius 2 is 2.06 bits per heavy atom. The lowest BCUT2D eigenvalue weighted by atomic mass is 10.0. The highest BCUT2D eigenvalue weighted by molar-refractivity contribution is 5.88. The zero-order chi connectivity index (χ0) is 22.3. The summed E-state index contributed by atoms with van der Waals surface area (Å²) in [6.07, 6.45) is 2.40. The molecule has 0 aromatic heterocycles. The number of para-hydroxylation sites is 1. The molecule has 2 N–H and O–H groups in total. The predicted molar refractivity (Wildman–Crippen MR) is 125 cm³/mol. The molecule has 1 atom stereocenters. The minimum Gasteiger partial charge on any atom is -0.497 e. The van der Waals surface area contributed by atoms with Gasteiger partial charge in [-0.1, -0.05) is 30.3 Å². The number of hydrogen-bond donors (Lipinski definition) is 2. The van der Waals surface area contributed by atoms with Gasteiger partial charge in [0.05, 0.1) is 19.6 Å². The fourth-order valence-electron chi connectivity index (χ4n) is 4.60. The predicted octanol–water partition coefficient (Wildman–Crippen LogP) is 1.95. The van der Waals surface area contributed by atoms with E-state index in [4.69, 9.17) is 4.74 Å². The van der Waals surface area contributed by atoms with Gasteiger partial charge in [0.25, 0.3) is 0 Å². The van der Waals surface area contributed by atoms with E-state index in [-0.39, 0.29) is 18.2 Å². The van der Waals surface area contributed by atoms with Gasteiger partial charge in [-0.15, -0.1) is 0 Å². The highest BCUT2D eigenvalue weighted by Crippen LogP contribution is 2.26. The van der Waals surface area contributed by atoms with Crippen LogP contribution in [0.1, 0.15) is 24.0 Å². The summed E-state index contributed by atoms with van der Waals surface area (Å²) in [6.45, 7) is 4.25. The van der Waals surface area contributed by atoms with E-state index in [0.717, 1.165) is 37.2 Å². The molecule has 2 amide bonds. The first kappa shape index (κ1) is 22.1. The van der Waals surface area contributed by atoms with Gasteiger partial charge in [-0.25, -0.2) is 0 Å². The molecule has 2 heterocycles. The van der Waals surface area contributed by atoms with Crippen molar-refractivity contribution in [1.82, 2.24) is 15.5 Å². The Bertz CT molecular complexity index is 948. The van der Waals surface area contributed by atoms with Gasteiger partial charge in [-0.05, 0) is 42.2 Å². The van der Waals surface area contributed by atoms with Crippen LogP contribution in [0.4, 0.5) is 5.69 Å². The quantitative estimate of drug-likeness (QED) is 0.662. The van der Waals surface area contributed by atoms with Crippen molar-refractivity contribution in [3.8, 4) is 5.75 Å². The second kappa shape index (κ2) is 10.5. The number of carbonyl (C=O) groups excluding carboxylic acids is 2. The van der Waals surface area contributed by atoms with Crippen LogP contribution in [0.25, 0.3) is 0 Å². The maximum absolute atomic E-state index is 12.7. The summed E-state index contributed by atoms with van der Waals surface area (Å²) in [5.41, 5.74) is 3.70. The number of amides is 2. The number of nitrogens with one attached hydrogen (secondary N) is 2. The topological polar surface area (TPSA) is 73.9 Å². The Hall–Kier alpha value is -3.06. The van der Waals surface area contributed by atoms with Gasteiger partial charge >= 0.3 is 0 Å². The lowest BCUT2D eigenvalue weighted by molar-refractivity contribution is -0.134. The number of hydrogen-bond acceptors (Lipinski definition) is 5. The summed E-state index contributed by atoms with van der Waals surface area (Å²) in [5.74, 6) is 0.616. The van der Waals surface area contributed by atoms with Crippen LogP contribution in [0.15, 0.2) is 48.5 Å². The molecule has 0 bridgehead atoms. The molecule has 1 saturated heterocycles. The molecule has 4 rings (SSSR count). The number of nitrogens with zero attached hydrogens (tertiary/aromatic N) is 2. The van der Waals surface area contributed by atoms with E-state index in [9.17, 15) is 9.59 Å². The molecule has 2 aromatic rings. The first-order valence-electron chi connectivity index (χ1n) is 11.4. The second-order valence-electron chi connectivity index (χ2n) is 8.40. The third-order valence-corrected chi connectivity index (χ3v) is 6.25. The summed E-state index contributed by atoms with van der Waals surface area (Å²) in [7, 11) is 1.64. The Morgan fingerprint density at radius 1 is 1.19 bits per heavy atom. The summed E-state index contributed by atoms with van der Waals surface area (Å²) in [4.78, 5) is 29.6. The van der Waals surface area contributed by atoms with E-state index in [0.29, 0.717) is 26.2 Å². The van der Waals surface area contributed by atoms with Gasteiger partial charge in [0.2, 0.25) is 11.8 Å². The summed E-state index contributed by atoms with van der Waals surface area (Å²) < 4.78 is 5.31. The van der Waals surface area contributed by atoms with Crippen molar-refractivity contribution in [3.05, 3.63) is 59.7 Å². The number of ether oxygens (including phenoxy) is 1. The highest BCUT2D eigenvalue weighted by atomic mass is 16.5. The average molecular weight is 437 g/mol. The Balaban J connectivity index is 1.31. The van der Waals surface area contributed by atoms with Crippen molar-refractivity contribution in [2.24, 2.45) is 0 Å². The van der Waals surface area contributed by atoms with Gasteiger partial charge in [0.1, 0.15) is 5.75 Å². The lowest BCUT2D eigenvalue weighted by Gasteiger charge is -2.35. The average Bonchev–Trinajstić information content (AvgIpc) is 2.81. The molecule has 7 nitrogen and oxygen atoms in total. The van der Waals surface area contributed by atoms with Crippen molar-refractivity contribution < 1.29 is 14.3 Å². The second-order valence-corrected chi connectivity index (χ2v) is 8.40. The number of rotatable bonds is 8. The fourth-order valence-corrected chi connectivity index (χ4v) is 4.60. The van der Waals surface area contributed by atoms with Crippen molar-refractivity contribution in [2.45, 2.75) is 31.8 Å². The van der Waals surface area contributed by atoms with Crippen LogP contribution >= 0.6 is 0 Å². The number of aryl methyl sites for hydroxylation is 1. The van der Waals surface area contributed by atoms with E-state index in [1.165, 1.54) is 11.3 Å². The fraction of sp³-hybridized carbons (Fsp3) is 0.440. The van der Waals surface area contributed by atoms with Crippen molar-refractivity contribution in [3.63, 3.8) is 0 Å². The standard InChI is InChI=1S/C25H32N4O3/c1-32-21-9-4-6-19(16-21)18-29-15-12-27-25(31)23(29)17-24(30)26-11-14-28-13-5-8-20-7-2-3-10-22(20)28/h2-4,6-7,9-10,16,23H,5,8,11-15,17-18H2,1H3,(H,26,30)(H,27,31). The van der Waals surface area contributed by atoms with Gasteiger partial charge in [0, 0.05) is 45.0 Å². The van der Waals surface area contributed by atoms with E-state index >= 15 is 0 Å². The molecule has 7 heteroatoms. The molecular formula is C25H32N4O3. The van der Waals surface area contributed by atoms with Gasteiger partial charge in [-0.2, -0.15) is 0 Å². The van der Waals surface area contributed by atoms with Crippen molar-refractivity contribution in [2.75, 3.05) is 44.7 Å². The van der Waals surface area contributed by atoms with E-state index in [1.54, 1.807) is 7.11 Å². The van der Waals surface area contributed by atoms with Crippen LogP contribution in [-0.4, -0.2) is 62.6 Å². The monoisotopic (exact) mass is 436 g/mol. The molecule has 170 valence electrons. The number of methoxy groups -OCH3 is 1. The van der Waals surface area contributed by atoms with Crippen molar-refractivity contribution in [1.29, 1.82) is 0 Å². The van der Waals surface area contributed by atoms with Gasteiger partial charge in [-0.3, -0.25) is 14.5 Å². The minimum absolute atomic E-state index is 0.0840. The van der Waals surface area contributed by atoms with Crippen LogP contribution in [0, 0.1) is 0 Å². The zero-order valence-electron chi connectivity index (χ0n) is 18.7. The molecule has 32 heavy (non-hydrogen) atoms. The largest absolute Gasteiger partial charge is 0.497 e. The van der Waals surface area contributed by atoms with Crippen molar-refractivity contribution >= 4 is 17.5 Å². The SMILES string of the molecule is COc1cccc(CN2CCNC(=O)C2CC(=O)NCCN2CCCc3ccccc32)c1. The number of benzene rings is 2. The normalized spacial score (nSPS) is 18.6. The Kier molecular flexibility index (Phi) is 7.27. The van der Waals surface area contributed by atoms with Crippen LogP contribution in [-0.2, 0) is 22.6 Å². The molecule has 2 aliphatic rings. The summed E-state index contributed by atoms with van der Waals surface area (Å²) in [6, 6.07) is 15.8. The van der Waals surface area contributed by atoms with Gasteiger partial charge < -0.3 is 20.3 Å². The van der Waals surface area contributed by atoms with E-state index in [1.807, 2.05) is 24.3 Å². The molecule has 0 aliphatic carbocycles. The Labute approximate surface area is 189 Å². The highest BCUT2D eigenvalue weighted by Gasteiger charge is 2.31. The molecule has 2 aliphatic heterocycles. The van der Waals surface area contributed by atoms with E-state index < -0.39 is 6.04 Å². The number of carbonyl (C=O) groups is 2. The number of anilines is 1. The molecule has 0 radical (unpaired) electrons. The summed E-state index contributed by atoms with van der Waals surface area (Å²) >= 11 is 0. The minimum atomic E-state index is -0.467. The maximum atomic E-state index is 12.7. The maximum Gasteiger partial charge on any atom is 0.237 e. The van der Waals surface area contributed by atoms with Crippen LogP contribution in [0.5, 0.6) is 5.75 Å². The number of fused-ring (bicyclic) bond motifs is 1. The number of piperazine rings is 1. The molecule has 1 unspecified atom stereocenters. The van der Waals surface area contributed by atoms with E-state index in [2.05, 4.69) is 44.7 Å². The zero-order valence-corrected chi connectivity index (χ0v) is 18.7. The first-order valence-corrected chi connectivity index (χ1v) is 11.4. The van der Waals surface area contributed by atoms with Crippen LogP contribution < -0.4 is 20.3 Å². The Morgan fingerprint density at radius 3 is 2.94 bits per heavy atom. The first-order chi connectivity index (χ1) is 15.6. The smallest absolute Gasteiger partial charge is 0.237 e. The van der Waals surface area contributed by atoms with Gasteiger partial charge in [0.15, 0.2) is 0 Å². The molecule has 0 saturated carbocycles. The third kappa shape index (κ3) is 5.40. The molecule has 1 fully saturated rings. The molecule has 2 aromatic carbocycles. The van der Waals surface area contributed by atoms with Crippen LogP contribution in [0.3, 0.4) is 0 Å². The molecule has 0 spiro atoms.